The molecule has 0 atom stereocenters. The Morgan fingerprint density at radius 3 is 2.80 bits per heavy atom. The van der Waals surface area contributed by atoms with E-state index in [-0.39, 0.29) is 17.2 Å². The van der Waals surface area contributed by atoms with Crippen LogP contribution >= 0.6 is 0 Å². The number of amides is 1. The molecule has 1 amide bonds. The number of hydrogen-bond donors (Lipinski definition) is 2. The van der Waals surface area contributed by atoms with Crippen LogP contribution in [-0.2, 0) is 0 Å². The number of aromatic hydroxyl groups is 1. The van der Waals surface area contributed by atoms with Gasteiger partial charge in [0, 0.05) is 25.2 Å². The van der Waals surface area contributed by atoms with Crippen LogP contribution in [0.2, 0.25) is 0 Å². The lowest BCUT2D eigenvalue weighted by atomic mass is 9.78. The summed E-state index contributed by atoms with van der Waals surface area (Å²) < 4.78 is 0. The first-order chi connectivity index (χ1) is 9.71. The van der Waals surface area contributed by atoms with E-state index in [0.717, 1.165) is 32.5 Å². The number of carbonyl (C=O) groups is 1. The molecule has 1 saturated carbocycles. The third kappa shape index (κ3) is 2.40. The van der Waals surface area contributed by atoms with Crippen molar-refractivity contribution in [3.63, 3.8) is 0 Å². The molecule has 1 heterocycles. The van der Waals surface area contributed by atoms with Gasteiger partial charge in [-0.2, -0.15) is 0 Å². The van der Waals surface area contributed by atoms with Gasteiger partial charge in [0.05, 0.1) is 5.54 Å². The molecule has 0 aromatic heterocycles. The third-order valence-electron chi connectivity index (χ3n) is 4.66. The Hall–Kier alpha value is -1.55. The molecule has 0 bridgehead atoms. The van der Waals surface area contributed by atoms with Crippen LogP contribution in [-0.4, -0.2) is 41.1 Å². The van der Waals surface area contributed by atoms with E-state index < -0.39 is 0 Å². The van der Waals surface area contributed by atoms with E-state index in [9.17, 15) is 9.90 Å². The number of nitrogens with one attached hydrogen (secondary N) is 1. The smallest absolute Gasteiger partial charge is 0.254 e. The quantitative estimate of drug-likeness (QED) is 0.825. The number of nitrogens with zero attached hydrogens (tertiary/aromatic N) is 1. The maximum absolute atomic E-state index is 12.8. The van der Waals surface area contributed by atoms with Gasteiger partial charge in [0.1, 0.15) is 5.75 Å². The summed E-state index contributed by atoms with van der Waals surface area (Å²) in [6.45, 7) is 2.51. The summed E-state index contributed by atoms with van der Waals surface area (Å²) >= 11 is 0. The van der Waals surface area contributed by atoms with Crippen molar-refractivity contribution in [3.05, 3.63) is 29.8 Å². The minimum atomic E-state index is -0.0148. The highest BCUT2D eigenvalue weighted by Crippen LogP contribution is 2.35. The minimum Gasteiger partial charge on any atom is -0.508 e. The van der Waals surface area contributed by atoms with Gasteiger partial charge in [-0.25, -0.2) is 0 Å². The third-order valence-corrected chi connectivity index (χ3v) is 4.66. The average molecular weight is 274 g/mol. The lowest BCUT2D eigenvalue weighted by molar-refractivity contribution is 0.0222. The van der Waals surface area contributed by atoms with Crippen LogP contribution in [0.1, 0.15) is 42.5 Å². The molecule has 0 unspecified atom stereocenters. The van der Waals surface area contributed by atoms with Crippen molar-refractivity contribution >= 4 is 5.91 Å². The molecule has 1 spiro atoms. The van der Waals surface area contributed by atoms with Crippen LogP contribution in [0.4, 0.5) is 0 Å². The number of benzene rings is 1. The Morgan fingerprint density at radius 1 is 1.25 bits per heavy atom. The summed E-state index contributed by atoms with van der Waals surface area (Å²) in [4.78, 5) is 14.9. The zero-order valence-corrected chi connectivity index (χ0v) is 11.8. The highest BCUT2D eigenvalue weighted by molar-refractivity contribution is 5.95. The van der Waals surface area contributed by atoms with Gasteiger partial charge < -0.3 is 15.3 Å². The van der Waals surface area contributed by atoms with E-state index in [4.69, 9.17) is 0 Å². The first kappa shape index (κ1) is 13.4. The normalized spacial score (nSPS) is 21.9. The lowest BCUT2D eigenvalue weighted by Crippen LogP contribution is -2.63. The highest BCUT2D eigenvalue weighted by Gasteiger charge is 2.42. The molecule has 1 aliphatic heterocycles. The number of carbonyl (C=O) groups excluding carboxylic acids is 1. The monoisotopic (exact) mass is 274 g/mol. The summed E-state index contributed by atoms with van der Waals surface area (Å²) in [5.74, 6) is 0.216. The second-order valence-corrected chi connectivity index (χ2v) is 5.97. The molecule has 1 aromatic rings. The molecule has 108 valence electrons. The van der Waals surface area contributed by atoms with Crippen molar-refractivity contribution in [1.82, 2.24) is 10.2 Å². The molecular formula is C16H22N2O2. The first-order valence-corrected chi connectivity index (χ1v) is 7.53. The van der Waals surface area contributed by atoms with Gasteiger partial charge in [0.2, 0.25) is 0 Å². The predicted molar refractivity (Wildman–Crippen MR) is 77.8 cm³/mol. The highest BCUT2D eigenvalue weighted by atomic mass is 16.3. The zero-order valence-electron chi connectivity index (χ0n) is 11.8. The fourth-order valence-electron chi connectivity index (χ4n) is 3.61. The molecule has 4 heteroatoms. The minimum absolute atomic E-state index is 0.0148. The van der Waals surface area contributed by atoms with E-state index in [1.54, 1.807) is 24.3 Å². The van der Waals surface area contributed by atoms with Gasteiger partial charge in [-0.3, -0.25) is 4.79 Å². The fourth-order valence-corrected chi connectivity index (χ4v) is 3.61. The Morgan fingerprint density at radius 2 is 2.05 bits per heavy atom. The van der Waals surface area contributed by atoms with E-state index in [1.165, 1.54) is 19.3 Å². The van der Waals surface area contributed by atoms with Gasteiger partial charge >= 0.3 is 0 Å². The van der Waals surface area contributed by atoms with Crippen LogP contribution in [0.3, 0.4) is 0 Å². The molecule has 2 N–H and O–H groups in total. The van der Waals surface area contributed by atoms with Crippen molar-refractivity contribution in [2.24, 2.45) is 0 Å². The molecule has 20 heavy (non-hydrogen) atoms. The van der Waals surface area contributed by atoms with Crippen molar-refractivity contribution in [2.45, 2.75) is 37.6 Å². The maximum atomic E-state index is 12.8. The number of rotatable bonds is 1. The Bertz CT molecular complexity index is 487. The molecule has 3 rings (SSSR count). The van der Waals surface area contributed by atoms with Crippen LogP contribution in [0.25, 0.3) is 0 Å². The van der Waals surface area contributed by atoms with Crippen molar-refractivity contribution in [1.29, 1.82) is 0 Å². The first-order valence-electron chi connectivity index (χ1n) is 7.53. The van der Waals surface area contributed by atoms with Crippen molar-refractivity contribution in [3.8, 4) is 5.75 Å². The molecule has 4 nitrogen and oxygen atoms in total. The zero-order chi connectivity index (χ0) is 14.0. The Labute approximate surface area is 119 Å². The standard InChI is InChI=1S/C16H22N2O2/c19-14-6-4-5-13(11-14)15(20)18-10-9-17-12-16(18)7-2-1-3-8-16/h4-6,11,17,19H,1-3,7-10,12H2. The molecule has 1 aromatic carbocycles. The molecule has 0 radical (unpaired) electrons. The van der Waals surface area contributed by atoms with Crippen LogP contribution < -0.4 is 5.32 Å². The summed E-state index contributed by atoms with van der Waals surface area (Å²) in [6, 6.07) is 6.70. The molecular weight excluding hydrogens is 252 g/mol. The topological polar surface area (TPSA) is 52.6 Å². The van der Waals surface area contributed by atoms with E-state index in [2.05, 4.69) is 10.2 Å². The summed E-state index contributed by atoms with van der Waals surface area (Å²) in [6.07, 6.45) is 5.85. The second-order valence-electron chi connectivity index (χ2n) is 5.97. The van der Waals surface area contributed by atoms with Crippen LogP contribution in [0.15, 0.2) is 24.3 Å². The van der Waals surface area contributed by atoms with E-state index in [0.29, 0.717) is 5.56 Å². The second kappa shape index (κ2) is 5.44. The van der Waals surface area contributed by atoms with E-state index >= 15 is 0 Å². The average Bonchev–Trinajstić information content (AvgIpc) is 2.48. The summed E-state index contributed by atoms with van der Waals surface area (Å²) in [5, 5.41) is 13.0. The predicted octanol–water partition coefficient (Wildman–Crippen LogP) is 2.14. The molecule has 2 aliphatic rings. The van der Waals surface area contributed by atoms with Gasteiger partial charge in [-0.05, 0) is 31.0 Å². The Balaban J connectivity index is 1.87. The maximum Gasteiger partial charge on any atom is 0.254 e. The fraction of sp³-hybridized carbons (Fsp3) is 0.562. The molecule has 2 fully saturated rings. The number of piperazine rings is 1. The van der Waals surface area contributed by atoms with Gasteiger partial charge in [0.15, 0.2) is 0 Å². The number of phenols is 1. The van der Waals surface area contributed by atoms with Crippen molar-refractivity contribution in [2.75, 3.05) is 19.6 Å². The summed E-state index contributed by atoms with van der Waals surface area (Å²) in [7, 11) is 0. The number of hydrogen-bond acceptors (Lipinski definition) is 3. The summed E-state index contributed by atoms with van der Waals surface area (Å²) in [5.41, 5.74) is 0.579. The van der Waals surface area contributed by atoms with Crippen LogP contribution in [0, 0.1) is 0 Å². The largest absolute Gasteiger partial charge is 0.508 e. The molecule has 1 aliphatic carbocycles. The molecule has 1 saturated heterocycles. The lowest BCUT2D eigenvalue weighted by Gasteiger charge is -2.49. The number of phenolic OH excluding ortho intramolecular Hbond substituents is 1. The van der Waals surface area contributed by atoms with Gasteiger partial charge in [-0.15, -0.1) is 0 Å². The van der Waals surface area contributed by atoms with E-state index in [1.807, 2.05) is 0 Å². The van der Waals surface area contributed by atoms with Crippen LogP contribution in [0.5, 0.6) is 5.75 Å². The SMILES string of the molecule is O=C(c1cccc(O)c1)N1CCNCC12CCCCC2. The Kier molecular flexibility index (Phi) is 3.66. The van der Waals surface area contributed by atoms with Crippen molar-refractivity contribution < 1.29 is 9.90 Å². The van der Waals surface area contributed by atoms with Gasteiger partial charge in [-0.1, -0.05) is 25.3 Å². The van der Waals surface area contributed by atoms with Gasteiger partial charge in [0.25, 0.3) is 5.91 Å².